The number of halogens is 1. The number of nitrogens with one attached hydrogen (secondary N) is 1. The van der Waals surface area contributed by atoms with Crippen LogP contribution < -0.4 is 11.1 Å². The molecule has 1 aromatic carbocycles. The van der Waals surface area contributed by atoms with Crippen molar-refractivity contribution in [2.45, 2.75) is 27.2 Å². The highest BCUT2D eigenvalue weighted by molar-refractivity contribution is 14.1. The third kappa shape index (κ3) is 6.02. The SMILES string of the molecule is CCNCC.CCc1cccc(C(N)=O)c1I. The standard InChI is InChI=1S/C9H10INO.C4H11N/c1-2-6-4-3-5-7(8(6)10)9(11)12;1-3-5-4-2/h3-5H,2H2,1H3,(H2,11,12);5H,3-4H2,1-2H3. The highest BCUT2D eigenvalue weighted by atomic mass is 127. The quantitative estimate of drug-likeness (QED) is 0.822. The third-order valence-electron chi connectivity index (χ3n) is 2.23. The Bertz CT molecular complexity index is 351. The van der Waals surface area contributed by atoms with Crippen molar-refractivity contribution in [3.05, 3.63) is 32.9 Å². The predicted octanol–water partition coefficient (Wildman–Crippen LogP) is 2.57. The van der Waals surface area contributed by atoms with Crippen LogP contribution in [0, 0.1) is 3.57 Å². The van der Waals surface area contributed by atoms with Crippen molar-refractivity contribution in [3.8, 4) is 0 Å². The number of rotatable bonds is 4. The van der Waals surface area contributed by atoms with Crippen molar-refractivity contribution in [3.63, 3.8) is 0 Å². The zero-order valence-corrected chi connectivity index (χ0v) is 12.9. The van der Waals surface area contributed by atoms with E-state index >= 15 is 0 Å². The average Bonchev–Trinajstić information content (AvgIpc) is 2.31. The smallest absolute Gasteiger partial charge is 0.249 e. The first-order valence-electron chi connectivity index (χ1n) is 5.86. The van der Waals surface area contributed by atoms with E-state index in [2.05, 4.69) is 48.7 Å². The molecule has 0 bridgehead atoms. The van der Waals surface area contributed by atoms with Crippen LogP contribution >= 0.6 is 22.6 Å². The van der Waals surface area contributed by atoms with E-state index in [4.69, 9.17) is 5.73 Å². The monoisotopic (exact) mass is 348 g/mol. The Balaban J connectivity index is 0.000000437. The molecule has 1 rings (SSSR count). The first kappa shape index (κ1) is 16.4. The van der Waals surface area contributed by atoms with Crippen molar-refractivity contribution in [1.82, 2.24) is 5.32 Å². The summed E-state index contributed by atoms with van der Waals surface area (Å²) in [4.78, 5) is 10.9. The second-order valence-corrected chi connectivity index (χ2v) is 4.53. The molecule has 1 aromatic rings. The van der Waals surface area contributed by atoms with E-state index in [1.165, 1.54) is 5.56 Å². The number of hydrogen-bond acceptors (Lipinski definition) is 2. The van der Waals surface area contributed by atoms with E-state index in [9.17, 15) is 4.79 Å². The highest BCUT2D eigenvalue weighted by Crippen LogP contribution is 2.17. The van der Waals surface area contributed by atoms with Gasteiger partial charge in [-0.05, 0) is 53.7 Å². The zero-order valence-electron chi connectivity index (χ0n) is 10.7. The number of carbonyl (C=O) groups is 1. The Morgan fingerprint density at radius 1 is 1.29 bits per heavy atom. The van der Waals surface area contributed by atoms with E-state index in [0.717, 1.165) is 23.1 Å². The van der Waals surface area contributed by atoms with Crippen molar-refractivity contribution in [2.24, 2.45) is 5.73 Å². The maximum atomic E-state index is 10.9. The molecule has 17 heavy (non-hydrogen) atoms. The van der Waals surface area contributed by atoms with Crippen LogP contribution in [0.1, 0.15) is 36.7 Å². The molecule has 0 unspecified atom stereocenters. The predicted molar refractivity (Wildman–Crippen MR) is 81.3 cm³/mol. The summed E-state index contributed by atoms with van der Waals surface area (Å²) in [6.45, 7) is 8.45. The van der Waals surface area contributed by atoms with E-state index < -0.39 is 0 Å². The number of carbonyl (C=O) groups excluding carboxylic acids is 1. The van der Waals surface area contributed by atoms with Crippen LogP contribution in [0.5, 0.6) is 0 Å². The maximum Gasteiger partial charge on any atom is 0.249 e. The van der Waals surface area contributed by atoms with Crippen LogP contribution in [0.3, 0.4) is 0 Å². The second-order valence-electron chi connectivity index (χ2n) is 3.45. The lowest BCUT2D eigenvalue weighted by atomic mass is 10.1. The van der Waals surface area contributed by atoms with Crippen LogP contribution in [-0.4, -0.2) is 19.0 Å². The van der Waals surface area contributed by atoms with Gasteiger partial charge in [0.2, 0.25) is 5.91 Å². The molecule has 0 aliphatic heterocycles. The Morgan fingerprint density at radius 2 is 1.88 bits per heavy atom. The number of nitrogens with two attached hydrogens (primary N) is 1. The average molecular weight is 348 g/mol. The molecule has 0 aromatic heterocycles. The fraction of sp³-hybridized carbons (Fsp3) is 0.462. The highest BCUT2D eigenvalue weighted by Gasteiger charge is 2.07. The van der Waals surface area contributed by atoms with E-state index in [-0.39, 0.29) is 5.91 Å². The molecule has 0 fully saturated rings. The fourth-order valence-corrected chi connectivity index (χ4v) is 2.30. The Morgan fingerprint density at radius 3 is 2.24 bits per heavy atom. The fourth-order valence-electron chi connectivity index (χ4n) is 1.29. The lowest BCUT2D eigenvalue weighted by molar-refractivity contribution is 0.0999. The molecule has 0 radical (unpaired) electrons. The van der Waals surface area contributed by atoms with Crippen LogP contribution in [0.4, 0.5) is 0 Å². The van der Waals surface area contributed by atoms with Gasteiger partial charge in [-0.2, -0.15) is 0 Å². The Kier molecular flexibility index (Phi) is 9.07. The molecule has 0 aliphatic carbocycles. The van der Waals surface area contributed by atoms with Crippen molar-refractivity contribution < 1.29 is 4.79 Å². The van der Waals surface area contributed by atoms with Gasteiger partial charge in [-0.3, -0.25) is 4.79 Å². The summed E-state index contributed by atoms with van der Waals surface area (Å²) in [6.07, 6.45) is 0.930. The molecule has 1 amide bonds. The summed E-state index contributed by atoms with van der Waals surface area (Å²) < 4.78 is 0.977. The van der Waals surface area contributed by atoms with E-state index in [1.54, 1.807) is 6.07 Å². The molecule has 3 nitrogen and oxygen atoms in total. The number of hydrogen-bond donors (Lipinski definition) is 2. The minimum Gasteiger partial charge on any atom is -0.366 e. The van der Waals surface area contributed by atoms with Gasteiger partial charge in [0.15, 0.2) is 0 Å². The van der Waals surface area contributed by atoms with Crippen LogP contribution in [0.25, 0.3) is 0 Å². The second kappa shape index (κ2) is 9.41. The normalized spacial score (nSPS) is 9.41. The largest absolute Gasteiger partial charge is 0.366 e. The van der Waals surface area contributed by atoms with Gasteiger partial charge >= 0.3 is 0 Å². The van der Waals surface area contributed by atoms with Crippen LogP contribution in [0.2, 0.25) is 0 Å². The lowest BCUT2D eigenvalue weighted by Crippen LogP contribution is -2.13. The summed E-state index contributed by atoms with van der Waals surface area (Å²) in [6, 6.07) is 5.62. The first-order valence-corrected chi connectivity index (χ1v) is 6.94. The van der Waals surface area contributed by atoms with Gasteiger partial charge in [-0.25, -0.2) is 0 Å². The van der Waals surface area contributed by atoms with Gasteiger partial charge in [0.1, 0.15) is 0 Å². The summed E-state index contributed by atoms with van der Waals surface area (Å²) in [5.74, 6) is -0.352. The molecule has 0 atom stereocenters. The summed E-state index contributed by atoms with van der Waals surface area (Å²) in [7, 11) is 0. The summed E-state index contributed by atoms with van der Waals surface area (Å²) in [5, 5.41) is 3.11. The molecule has 0 aliphatic rings. The molecule has 0 saturated carbocycles. The number of amides is 1. The molecule has 0 spiro atoms. The molecular formula is C13H21IN2O. The van der Waals surface area contributed by atoms with Gasteiger partial charge in [0.25, 0.3) is 0 Å². The molecule has 0 saturated heterocycles. The van der Waals surface area contributed by atoms with Crippen LogP contribution in [-0.2, 0) is 6.42 Å². The molecule has 0 heterocycles. The maximum absolute atomic E-state index is 10.9. The number of benzene rings is 1. The van der Waals surface area contributed by atoms with Crippen LogP contribution in [0.15, 0.2) is 18.2 Å². The lowest BCUT2D eigenvalue weighted by Gasteiger charge is -2.04. The first-order chi connectivity index (χ1) is 8.08. The topological polar surface area (TPSA) is 55.1 Å². The van der Waals surface area contributed by atoms with E-state index in [1.807, 2.05) is 12.1 Å². The molecule has 96 valence electrons. The molecule has 3 N–H and O–H groups in total. The van der Waals surface area contributed by atoms with Crippen molar-refractivity contribution >= 4 is 28.5 Å². The third-order valence-corrected chi connectivity index (χ3v) is 3.50. The van der Waals surface area contributed by atoms with E-state index in [0.29, 0.717) is 5.56 Å². The minimum atomic E-state index is -0.352. The zero-order chi connectivity index (χ0) is 13.3. The Hall–Kier alpha value is -0.620. The Labute approximate surface area is 117 Å². The molecule has 4 heteroatoms. The van der Waals surface area contributed by atoms with Gasteiger partial charge < -0.3 is 11.1 Å². The number of primary amides is 1. The number of aryl methyl sites for hydroxylation is 1. The summed E-state index contributed by atoms with van der Waals surface area (Å²) >= 11 is 2.16. The van der Waals surface area contributed by atoms with Gasteiger partial charge in [0.05, 0.1) is 5.56 Å². The summed E-state index contributed by atoms with van der Waals surface area (Å²) in [5.41, 5.74) is 6.99. The van der Waals surface area contributed by atoms with Gasteiger partial charge in [0, 0.05) is 3.57 Å². The van der Waals surface area contributed by atoms with Gasteiger partial charge in [-0.1, -0.05) is 32.9 Å². The van der Waals surface area contributed by atoms with Crippen molar-refractivity contribution in [1.29, 1.82) is 0 Å². The molecular weight excluding hydrogens is 327 g/mol. The van der Waals surface area contributed by atoms with Crippen molar-refractivity contribution in [2.75, 3.05) is 13.1 Å². The van der Waals surface area contributed by atoms with Gasteiger partial charge in [-0.15, -0.1) is 0 Å². The minimum absolute atomic E-state index is 0.352.